The number of nitrogens with zero attached hydrogens (tertiary/aromatic N) is 1. The Bertz CT molecular complexity index is 185. The molecule has 0 radical (unpaired) electrons. The van der Waals surface area contributed by atoms with E-state index in [2.05, 4.69) is 12.3 Å². The summed E-state index contributed by atoms with van der Waals surface area (Å²) < 4.78 is 0. The maximum Gasteiger partial charge on any atom is 0.222 e. The fraction of sp³-hybridized carbons (Fsp3) is 0.800. The van der Waals surface area contributed by atoms with Gasteiger partial charge in [-0.3, -0.25) is 4.79 Å². The molecule has 0 aromatic rings. The Balaban J connectivity index is -0.000000328. The summed E-state index contributed by atoms with van der Waals surface area (Å²) in [5.41, 5.74) is 5.60. The van der Waals surface area contributed by atoms with Crippen LogP contribution in [-0.4, -0.2) is 30.9 Å². The Kier molecular flexibility index (Phi) is 23.0. The SMILES string of the molecule is C=C(C)CCC(=O)N1CCCC1.CC.CC.CN. The molecule has 0 unspecified atom stereocenters. The molecule has 110 valence electrons. The maximum absolute atomic E-state index is 11.4. The molecule has 0 spiro atoms. The number of hydrogen-bond acceptors (Lipinski definition) is 2. The van der Waals surface area contributed by atoms with Gasteiger partial charge in [0, 0.05) is 19.5 Å². The zero-order valence-corrected chi connectivity index (χ0v) is 13.4. The van der Waals surface area contributed by atoms with Crippen molar-refractivity contribution in [3.63, 3.8) is 0 Å². The van der Waals surface area contributed by atoms with E-state index in [0.717, 1.165) is 25.1 Å². The molecule has 1 heterocycles. The van der Waals surface area contributed by atoms with Crippen LogP contribution in [0.5, 0.6) is 0 Å². The minimum atomic E-state index is 0.301. The molecule has 0 bridgehead atoms. The van der Waals surface area contributed by atoms with Gasteiger partial charge in [0.15, 0.2) is 0 Å². The fourth-order valence-corrected chi connectivity index (χ4v) is 1.44. The first kappa shape index (κ1) is 22.4. The number of amides is 1. The zero-order chi connectivity index (χ0) is 15.0. The van der Waals surface area contributed by atoms with E-state index in [1.807, 2.05) is 39.5 Å². The summed E-state index contributed by atoms with van der Waals surface area (Å²) in [5.74, 6) is 0.301. The van der Waals surface area contributed by atoms with E-state index < -0.39 is 0 Å². The Morgan fingerprint density at radius 3 is 1.78 bits per heavy atom. The van der Waals surface area contributed by atoms with E-state index in [9.17, 15) is 4.79 Å². The van der Waals surface area contributed by atoms with Crippen molar-refractivity contribution in [1.29, 1.82) is 0 Å². The van der Waals surface area contributed by atoms with Crippen LogP contribution in [0.1, 0.15) is 60.3 Å². The van der Waals surface area contributed by atoms with Gasteiger partial charge in [-0.05, 0) is 33.2 Å². The minimum absolute atomic E-state index is 0.301. The van der Waals surface area contributed by atoms with Crippen LogP contribution in [0, 0.1) is 0 Å². The number of nitrogens with two attached hydrogens (primary N) is 1. The van der Waals surface area contributed by atoms with Crippen LogP contribution in [0.4, 0.5) is 0 Å². The summed E-state index contributed by atoms with van der Waals surface area (Å²) in [5, 5.41) is 0. The third kappa shape index (κ3) is 13.2. The van der Waals surface area contributed by atoms with Crippen molar-refractivity contribution in [2.75, 3.05) is 20.1 Å². The lowest BCUT2D eigenvalue weighted by Gasteiger charge is -2.14. The predicted octanol–water partition coefficient (Wildman–Crippen LogP) is 3.59. The van der Waals surface area contributed by atoms with Gasteiger partial charge in [0.2, 0.25) is 5.91 Å². The van der Waals surface area contributed by atoms with Gasteiger partial charge in [-0.25, -0.2) is 0 Å². The number of allylic oxidation sites excluding steroid dienone is 1. The van der Waals surface area contributed by atoms with Gasteiger partial charge >= 0.3 is 0 Å². The molecule has 0 atom stereocenters. The molecule has 18 heavy (non-hydrogen) atoms. The normalized spacial score (nSPS) is 12.1. The molecular formula is C15H34N2O. The van der Waals surface area contributed by atoms with Crippen molar-refractivity contribution < 1.29 is 4.79 Å². The van der Waals surface area contributed by atoms with Crippen LogP contribution >= 0.6 is 0 Å². The Hall–Kier alpha value is -0.830. The van der Waals surface area contributed by atoms with Crippen LogP contribution in [0.25, 0.3) is 0 Å². The van der Waals surface area contributed by atoms with Crippen molar-refractivity contribution in [2.24, 2.45) is 5.73 Å². The summed E-state index contributed by atoms with van der Waals surface area (Å²) in [6, 6.07) is 0. The fourth-order valence-electron chi connectivity index (χ4n) is 1.44. The molecule has 0 aromatic heterocycles. The van der Waals surface area contributed by atoms with Gasteiger partial charge in [0.1, 0.15) is 0 Å². The van der Waals surface area contributed by atoms with Gasteiger partial charge in [-0.15, -0.1) is 6.58 Å². The lowest BCUT2D eigenvalue weighted by atomic mass is 10.2. The van der Waals surface area contributed by atoms with Crippen molar-refractivity contribution in [3.8, 4) is 0 Å². The third-order valence-electron chi connectivity index (χ3n) is 2.22. The Morgan fingerprint density at radius 1 is 1.06 bits per heavy atom. The van der Waals surface area contributed by atoms with E-state index >= 15 is 0 Å². The van der Waals surface area contributed by atoms with Gasteiger partial charge in [0.25, 0.3) is 0 Å². The average Bonchev–Trinajstić information content (AvgIpc) is 2.97. The molecule has 0 aromatic carbocycles. The molecule has 1 amide bonds. The second-order valence-corrected chi connectivity index (χ2v) is 3.55. The van der Waals surface area contributed by atoms with E-state index in [1.165, 1.54) is 19.9 Å². The second-order valence-electron chi connectivity index (χ2n) is 3.55. The summed E-state index contributed by atoms with van der Waals surface area (Å²) >= 11 is 0. The molecule has 3 heteroatoms. The first-order valence-electron chi connectivity index (χ1n) is 7.20. The molecule has 0 saturated carbocycles. The number of likely N-dealkylation sites (tertiary alicyclic amines) is 1. The van der Waals surface area contributed by atoms with Gasteiger partial charge in [-0.2, -0.15) is 0 Å². The van der Waals surface area contributed by atoms with Crippen LogP contribution in [-0.2, 0) is 4.79 Å². The summed E-state index contributed by atoms with van der Waals surface area (Å²) in [6.07, 6.45) is 3.85. The molecule has 0 aliphatic carbocycles. The van der Waals surface area contributed by atoms with Crippen LogP contribution in [0.2, 0.25) is 0 Å². The topological polar surface area (TPSA) is 46.3 Å². The Labute approximate surface area is 114 Å². The highest BCUT2D eigenvalue weighted by Gasteiger charge is 2.16. The Morgan fingerprint density at radius 2 is 1.44 bits per heavy atom. The highest BCUT2D eigenvalue weighted by Crippen LogP contribution is 2.11. The monoisotopic (exact) mass is 258 g/mol. The molecule has 1 fully saturated rings. The quantitative estimate of drug-likeness (QED) is 0.786. The minimum Gasteiger partial charge on any atom is -0.343 e. The molecule has 1 aliphatic rings. The van der Waals surface area contributed by atoms with Crippen LogP contribution in [0.15, 0.2) is 12.2 Å². The number of hydrogen-bond donors (Lipinski definition) is 1. The molecular weight excluding hydrogens is 224 g/mol. The first-order chi connectivity index (χ1) is 8.70. The number of rotatable bonds is 3. The third-order valence-corrected chi connectivity index (χ3v) is 2.22. The van der Waals surface area contributed by atoms with E-state index in [0.29, 0.717) is 12.3 Å². The number of carbonyl (C=O) groups excluding carboxylic acids is 1. The molecule has 1 aliphatic heterocycles. The van der Waals surface area contributed by atoms with Crippen molar-refractivity contribution in [1.82, 2.24) is 4.90 Å². The van der Waals surface area contributed by atoms with Crippen LogP contribution < -0.4 is 5.73 Å². The van der Waals surface area contributed by atoms with Crippen molar-refractivity contribution in [3.05, 3.63) is 12.2 Å². The number of carbonyl (C=O) groups is 1. The lowest BCUT2D eigenvalue weighted by Crippen LogP contribution is -2.27. The summed E-state index contributed by atoms with van der Waals surface area (Å²) in [6.45, 7) is 15.7. The lowest BCUT2D eigenvalue weighted by molar-refractivity contribution is -0.130. The predicted molar refractivity (Wildman–Crippen MR) is 82.7 cm³/mol. The average molecular weight is 258 g/mol. The highest BCUT2D eigenvalue weighted by atomic mass is 16.2. The molecule has 1 saturated heterocycles. The highest BCUT2D eigenvalue weighted by molar-refractivity contribution is 5.76. The zero-order valence-electron chi connectivity index (χ0n) is 13.4. The van der Waals surface area contributed by atoms with Gasteiger partial charge in [-0.1, -0.05) is 33.3 Å². The van der Waals surface area contributed by atoms with Crippen molar-refractivity contribution in [2.45, 2.75) is 60.3 Å². The second kappa shape index (κ2) is 18.5. The largest absolute Gasteiger partial charge is 0.343 e. The van der Waals surface area contributed by atoms with Gasteiger partial charge < -0.3 is 10.6 Å². The van der Waals surface area contributed by atoms with Gasteiger partial charge in [0.05, 0.1) is 0 Å². The van der Waals surface area contributed by atoms with E-state index in [1.54, 1.807) is 0 Å². The first-order valence-corrected chi connectivity index (χ1v) is 7.20. The summed E-state index contributed by atoms with van der Waals surface area (Å²) in [4.78, 5) is 13.4. The van der Waals surface area contributed by atoms with E-state index in [4.69, 9.17) is 0 Å². The maximum atomic E-state index is 11.4. The standard InChI is InChI=1S/C10H17NO.2C2H6.CH5N/c1-9(2)5-6-10(12)11-7-3-4-8-11;3*1-2/h1,3-8H2,2H3;2*1-2H3;2H2,1H3. The molecule has 1 rings (SSSR count). The van der Waals surface area contributed by atoms with E-state index in [-0.39, 0.29) is 0 Å². The molecule has 3 nitrogen and oxygen atoms in total. The summed E-state index contributed by atoms with van der Waals surface area (Å²) in [7, 11) is 1.50. The smallest absolute Gasteiger partial charge is 0.222 e. The van der Waals surface area contributed by atoms with Crippen LogP contribution in [0.3, 0.4) is 0 Å². The van der Waals surface area contributed by atoms with Crippen molar-refractivity contribution >= 4 is 5.91 Å². The molecule has 2 N–H and O–H groups in total.